The van der Waals surface area contributed by atoms with Crippen LogP contribution in [0.15, 0.2) is 22.2 Å². The van der Waals surface area contributed by atoms with Crippen molar-refractivity contribution >= 4 is 23.4 Å². The van der Waals surface area contributed by atoms with E-state index < -0.39 is 0 Å². The summed E-state index contributed by atoms with van der Waals surface area (Å²) in [5, 5.41) is 6.68. The second kappa shape index (κ2) is 5.28. The molecule has 2 heterocycles. The fourth-order valence-electron chi connectivity index (χ4n) is 1.51. The second-order valence-corrected chi connectivity index (χ2v) is 5.82. The molecule has 0 radical (unpaired) electrons. The molecule has 0 saturated carbocycles. The van der Waals surface area contributed by atoms with Crippen LogP contribution in [0, 0.1) is 6.92 Å². The highest BCUT2D eigenvalue weighted by molar-refractivity contribution is 7.99. The Hall–Kier alpha value is -1.07. The Morgan fingerprint density at radius 1 is 1.28 bits per heavy atom. The van der Waals surface area contributed by atoms with Crippen molar-refractivity contribution in [3.8, 4) is 0 Å². The lowest BCUT2D eigenvalue weighted by molar-refractivity contribution is 0.691. The number of aryl methyl sites for hydroxylation is 2. The summed E-state index contributed by atoms with van der Waals surface area (Å²) >= 11 is 7.56. The van der Waals surface area contributed by atoms with E-state index in [4.69, 9.17) is 11.6 Å². The predicted molar refractivity (Wildman–Crippen MR) is 73.2 cm³/mol. The van der Waals surface area contributed by atoms with E-state index in [0.29, 0.717) is 5.15 Å². The SMILES string of the molecule is Cc1cc(Sc2cc(Cl)nc(C(C)C)n2)n(C)n1. The zero-order chi connectivity index (χ0) is 13.3. The van der Waals surface area contributed by atoms with Gasteiger partial charge < -0.3 is 0 Å². The fourth-order valence-corrected chi connectivity index (χ4v) is 2.69. The minimum absolute atomic E-state index is 0.260. The Kier molecular flexibility index (Phi) is 3.92. The standard InChI is InChI=1S/C12H15ClN4S/c1-7(2)12-14-9(13)6-10(15-12)18-11-5-8(3)16-17(11)4/h5-7H,1-4H3. The minimum atomic E-state index is 0.260. The van der Waals surface area contributed by atoms with Gasteiger partial charge >= 0.3 is 0 Å². The third-order valence-electron chi connectivity index (χ3n) is 2.37. The van der Waals surface area contributed by atoms with E-state index in [9.17, 15) is 0 Å². The van der Waals surface area contributed by atoms with Crippen molar-refractivity contribution in [2.24, 2.45) is 7.05 Å². The summed E-state index contributed by atoms with van der Waals surface area (Å²) in [5.41, 5.74) is 0.990. The van der Waals surface area contributed by atoms with Gasteiger partial charge in [-0.3, -0.25) is 4.68 Å². The lowest BCUT2D eigenvalue weighted by Gasteiger charge is -2.07. The summed E-state index contributed by atoms with van der Waals surface area (Å²) in [4.78, 5) is 8.73. The summed E-state index contributed by atoms with van der Waals surface area (Å²) in [6, 6.07) is 3.80. The highest BCUT2D eigenvalue weighted by atomic mass is 35.5. The molecule has 4 nitrogen and oxygen atoms in total. The van der Waals surface area contributed by atoms with Crippen LogP contribution in [0.5, 0.6) is 0 Å². The van der Waals surface area contributed by atoms with Crippen LogP contribution in [0.1, 0.15) is 31.3 Å². The molecule has 0 unspecified atom stereocenters. The molecule has 2 aromatic rings. The predicted octanol–water partition coefficient (Wildman–Crippen LogP) is 3.45. The molecule has 2 rings (SSSR count). The number of halogens is 1. The number of nitrogens with zero attached hydrogens (tertiary/aromatic N) is 4. The third kappa shape index (κ3) is 3.03. The van der Waals surface area contributed by atoms with Crippen LogP contribution in [0.2, 0.25) is 5.15 Å². The minimum Gasteiger partial charge on any atom is -0.261 e. The monoisotopic (exact) mass is 282 g/mol. The summed E-state index contributed by atoms with van der Waals surface area (Å²) in [6.07, 6.45) is 0. The van der Waals surface area contributed by atoms with Crippen molar-refractivity contribution in [2.45, 2.75) is 36.7 Å². The van der Waals surface area contributed by atoms with E-state index in [1.165, 1.54) is 0 Å². The molecule has 0 aliphatic rings. The molecule has 0 atom stereocenters. The molecule has 0 aliphatic carbocycles. The third-order valence-corrected chi connectivity index (χ3v) is 3.58. The van der Waals surface area contributed by atoms with Gasteiger partial charge in [0.1, 0.15) is 21.0 Å². The average molecular weight is 283 g/mol. The largest absolute Gasteiger partial charge is 0.261 e. The lowest BCUT2D eigenvalue weighted by Crippen LogP contribution is -1.99. The van der Waals surface area contributed by atoms with Gasteiger partial charge in [-0.15, -0.1) is 0 Å². The second-order valence-electron chi connectivity index (χ2n) is 4.39. The van der Waals surface area contributed by atoms with Gasteiger partial charge in [-0.05, 0) is 13.0 Å². The Morgan fingerprint density at radius 2 is 2.00 bits per heavy atom. The zero-order valence-electron chi connectivity index (χ0n) is 10.8. The van der Waals surface area contributed by atoms with Gasteiger partial charge in [-0.2, -0.15) is 5.10 Å². The Bertz CT molecular complexity index is 565. The van der Waals surface area contributed by atoms with Crippen LogP contribution in [-0.2, 0) is 7.05 Å². The Morgan fingerprint density at radius 3 is 2.56 bits per heavy atom. The number of aromatic nitrogens is 4. The number of rotatable bonds is 3. The molecular formula is C12H15ClN4S. The zero-order valence-corrected chi connectivity index (χ0v) is 12.4. The molecule has 0 aromatic carbocycles. The van der Waals surface area contributed by atoms with Crippen molar-refractivity contribution in [3.63, 3.8) is 0 Å². The molecule has 0 saturated heterocycles. The Labute approximate surface area is 116 Å². The maximum Gasteiger partial charge on any atom is 0.133 e. The highest BCUT2D eigenvalue weighted by Crippen LogP contribution is 2.28. The van der Waals surface area contributed by atoms with E-state index in [1.807, 2.05) is 38.6 Å². The molecule has 0 bridgehead atoms. The molecule has 18 heavy (non-hydrogen) atoms. The van der Waals surface area contributed by atoms with Crippen molar-refractivity contribution in [1.29, 1.82) is 0 Å². The molecule has 0 aliphatic heterocycles. The van der Waals surface area contributed by atoms with Gasteiger partial charge in [-0.1, -0.05) is 37.2 Å². The average Bonchev–Trinajstić information content (AvgIpc) is 2.56. The molecule has 0 amide bonds. The van der Waals surface area contributed by atoms with E-state index in [2.05, 4.69) is 15.1 Å². The molecule has 96 valence electrons. The fraction of sp³-hybridized carbons (Fsp3) is 0.417. The van der Waals surface area contributed by atoms with Gasteiger partial charge in [0.25, 0.3) is 0 Å². The molecule has 0 spiro atoms. The van der Waals surface area contributed by atoms with Crippen LogP contribution in [0.4, 0.5) is 0 Å². The van der Waals surface area contributed by atoms with Gasteiger partial charge in [0.2, 0.25) is 0 Å². The van der Waals surface area contributed by atoms with Crippen LogP contribution in [0.3, 0.4) is 0 Å². The number of hydrogen-bond acceptors (Lipinski definition) is 4. The topological polar surface area (TPSA) is 43.6 Å². The van der Waals surface area contributed by atoms with Gasteiger partial charge in [0.15, 0.2) is 0 Å². The highest BCUT2D eigenvalue weighted by Gasteiger charge is 2.10. The first kappa shape index (κ1) is 13.4. The summed E-state index contributed by atoms with van der Waals surface area (Å²) in [5.74, 6) is 1.03. The van der Waals surface area contributed by atoms with E-state index in [-0.39, 0.29) is 5.92 Å². The van der Waals surface area contributed by atoms with Gasteiger partial charge in [0.05, 0.1) is 5.69 Å². The first-order valence-electron chi connectivity index (χ1n) is 5.68. The van der Waals surface area contributed by atoms with E-state index >= 15 is 0 Å². The Balaban J connectivity index is 2.31. The summed E-state index contributed by atoms with van der Waals surface area (Å²) < 4.78 is 1.84. The van der Waals surface area contributed by atoms with E-state index in [1.54, 1.807) is 17.8 Å². The molecule has 0 N–H and O–H groups in total. The number of hydrogen-bond donors (Lipinski definition) is 0. The normalized spacial score (nSPS) is 11.2. The van der Waals surface area contributed by atoms with Crippen LogP contribution >= 0.6 is 23.4 Å². The molecule has 0 fully saturated rings. The van der Waals surface area contributed by atoms with Crippen LogP contribution < -0.4 is 0 Å². The maximum atomic E-state index is 6.02. The molecule has 2 aromatic heterocycles. The quantitative estimate of drug-likeness (QED) is 0.809. The summed E-state index contributed by atoms with van der Waals surface area (Å²) in [6.45, 7) is 6.07. The van der Waals surface area contributed by atoms with Crippen LogP contribution in [0.25, 0.3) is 0 Å². The first-order valence-corrected chi connectivity index (χ1v) is 6.88. The van der Waals surface area contributed by atoms with Crippen molar-refractivity contribution in [2.75, 3.05) is 0 Å². The molecule has 6 heteroatoms. The first-order chi connectivity index (χ1) is 8.45. The van der Waals surface area contributed by atoms with Crippen molar-refractivity contribution in [3.05, 3.63) is 28.8 Å². The van der Waals surface area contributed by atoms with Crippen LogP contribution in [-0.4, -0.2) is 19.7 Å². The van der Waals surface area contributed by atoms with Gasteiger partial charge in [0, 0.05) is 19.0 Å². The van der Waals surface area contributed by atoms with Gasteiger partial charge in [-0.25, -0.2) is 9.97 Å². The smallest absolute Gasteiger partial charge is 0.133 e. The lowest BCUT2D eigenvalue weighted by atomic mass is 10.2. The summed E-state index contributed by atoms with van der Waals surface area (Å²) in [7, 11) is 1.92. The van der Waals surface area contributed by atoms with Crippen molar-refractivity contribution < 1.29 is 0 Å². The molecular weight excluding hydrogens is 268 g/mol. The van der Waals surface area contributed by atoms with E-state index in [0.717, 1.165) is 21.6 Å². The maximum absolute atomic E-state index is 6.02. The van der Waals surface area contributed by atoms with Crippen molar-refractivity contribution in [1.82, 2.24) is 19.7 Å².